The molecule has 0 aromatic heterocycles. The van der Waals surface area contributed by atoms with Crippen LogP contribution in [0.1, 0.15) is 30.9 Å². The Balaban J connectivity index is 1.69. The summed E-state index contributed by atoms with van der Waals surface area (Å²) in [6.07, 6.45) is 1.87. The highest BCUT2D eigenvalue weighted by molar-refractivity contribution is 5.76. The number of hydrogen-bond acceptors (Lipinski definition) is 4. The van der Waals surface area contributed by atoms with E-state index < -0.39 is 6.10 Å². The van der Waals surface area contributed by atoms with Gasteiger partial charge in [0.25, 0.3) is 0 Å². The van der Waals surface area contributed by atoms with Crippen LogP contribution in [0.4, 0.5) is 0 Å². The lowest BCUT2D eigenvalue weighted by molar-refractivity contribution is -0.134. The molecule has 1 unspecified atom stereocenters. The number of aliphatic hydroxyl groups excluding tert-OH is 1. The van der Waals surface area contributed by atoms with Crippen LogP contribution in [0.25, 0.3) is 0 Å². The number of rotatable bonds is 3. The van der Waals surface area contributed by atoms with Crippen molar-refractivity contribution in [3.05, 3.63) is 23.8 Å². The maximum absolute atomic E-state index is 11.7. The van der Waals surface area contributed by atoms with Crippen molar-refractivity contribution in [3.8, 4) is 11.5 Å². The Labute approximate surface area is 111 Å². The summed E-state index contributed by atoms with van der Waals surface area (Å²) >= 11 is 0. The number of ether oxygens (including phenoxy) is 2. The summed E-state index contributed by atoms with van der Waals surface area (Å²) in [4.78, 5) is 13.5. The van der Waals surface area contributed by atoms with Gasteiger partial charge in [0.05, 0.1) is 12.6 Å². The van der Waals surface area contributed by atoms with E-state index in [-0.39, 0.29) is 12.7 Å². The number of likely N-dealkylation sites (tertiary alicyclic amines) is 1. The van der Waals surface area contributed by atoms with Crippen LogP contribution in [0.5, 0.6) is 11.5 Å². The smallest absolute Gasteiger partial charge is 0.231 e. The average Bonchev–Trinajstić information content (AvgIpc) is 2.88. The zero-order chi connectivity index (χ0) is 13.2. The lowest BCUT2D eigenvalue weighted by atomic mass is 10.1. The first-order valence-corrected chi connectivity index (χ1v) is 6.59. The zero-order valence-corrected chi connectivity index (χ0v) is 10.7. The molecule has 0 spiro atoms. The van der Waals surface area contributed by atoms with Crippen molar-refractivity contribution < 1.29 is 19.4 Å². The van der Waals surface area contributed by atoms with Crippen LogP contribution in [-0.4, -0.2) is 35.8 Å². The molecule has 1 aromatic carbocycles. The molecular formula is C14H17NO4. The monoisotopic (exact) mass is 263 g/mol. The fourth-order valence-electron chi connectivity index (χ4n) is 2.49. The largest absolute Gasteiger partial charge is 0.454 e. The molecule has 2 aliphatic rings. The van der Waals surface area contributed by atoms with Gasteiger partial charge in [-0.05, 0) is 30.5 Å². The molecule has 1 fully saturated rings. The van der Waals surface area contributed by atoms with Crippen molar-refractivity contribution in [2.24, 2.45) is 0 Å². The summed E-state index contributed by atoms with van der Waals surface area (Å²) < 4.78 is 10.5. The Hall–Kier alpha value is -1.75. The average molecular weight is 263 g/mol. The minimum atomic E-state index is -0.684. The summed E-state index contributed by atoms with van der Waals surface area (Å²) in [5, 5.41) is 10.2. The first-order chi connectivity index (χ1) is 9.24. The third-order valence-electron chi connectivity index (χ3n) is 3.60. The number of amides is 1. The standard InChI is InChI=1S/C14H17NO4/c16-11(8-15-6-2-1-3-14(15)17)10-4-5-12-13(7-10)19-9-18-12/h4-5,7,11,16H,1-3,6,8-9H2. The normalized spacial score (nSPS) is 19.6. The van der Waals surface area contributed by atoms with Gasteiger partial charge in [0.2, 0.25) is 12.7 Å². The molecule has 1 aromatic rings. The molecule has 1 saturated heterocycles. The maximum atomic E-state index is 11.7. The van der Waals surface area contributed by atoms with E-state index >= 15 is 0 Å². The Bertz CT molecular complexity index is 488. The first-order valence-electron chi connectivity index (χ1n) is 6.59. The highest BCUT2D eigenvalue weighted by Gasteiger charge is 2.23. The van der Waals surface area contributed by atoms with Crippen LogP contribution in [0.3, 0.4) is 0 Å². The highest BCUT2D eigenvalue weighted by atomic mass is 16.7. The Morgan fingerprint density at radius 3 is 2.95 bits per heavy atom. The third-order valence-corrected chi connectivity index (χ3v) is 3.60. The molecule has 0 radical (unpaired) electrons. The molecule has 5 nitrogen and oxygen atoms in total. The maximum Gasteiger partial charge on any atom is 0.231 e. The molecule has 1 atom stereocenters. The number of fused-ring (bicyclic) bond motifs is 1. The molecule has 1 amide bonds. The SMILES string of the molecule is O=C1CCCCN1CC(O)c1ccc2c(c1)OCO2. The lowest BCUT2D eigenvalue weighted by Crippen LogP contribution is -2.38. The van der Waals surface area contributed by atoms with Crippen molar-refractivity contribution in [1.82, 2.24) is 4.90 Å². The van der Waals surface area contributed by atoms with Crippen LogP contribution in [0, 0.1) is 0 Å². The third kappa shape index (κ3) is 2.51. The Morgan fingerprint density at radius 1 is 1.26 bits per heavy atom. The van der Waals surface area contributed by atoms with Gasteiger partial charge in [-0.3, -0.25) is 4.79 Å². The van der Waals surface area contributed by atoms with Crippen molar-refractivity contribution in [3.63, 3.8) is 0 Å². The molecular weight excluding hydrogens is 246 g/mol. The fourth-order valence-corrected chi connectivity index (χ4v) is 2.49. The first kappa shape index (κ1) is 12.3. The number of carbonyl (C=O) groups is 1. The molecule has 0 saturated carbocycles. The predicted molar refractivity (Wildman–Crippen MR) is 68.0 cm³/mol. The highest BCUT2D eigenvalue weighted by Crippen LogP contribution is 2.34. The molecule has 2 heterocycles. The number of β-amino-alcohol motifs (C(OH)–C–C–N with tert-alkyl or cyclic N) is 1. The molecule has 5 heteroatoms. The summed E-state index contributed by atoms with van der Waals surface area (Å²) in [6, 6.07) is 5.38. The number of nitrogens with zero attached hydrogens (tertiary/aromatic N) is 1. The molecule has 2 aliphatic heterocycles. The van der Waals surface area contributed by atoms with Gasteiger partial charge in [-0.1, -0.05) is 6.07 Å². The second-order valence-corrected chi connectivity index (χ2v) is 4.93. The van der Waals surface area contributed by atoms with Crippen LogP contribution < -0.4 is 9.47 Å². The molecule has 19 heavy (non-hydrogen) atoms. The van der Waals surface area contributed by atoms with Crippen molar-refractivity contribution in [2.45, 2.75) is 25.4 Å². The van der Waals surface area contributed by atoms with E-state index in [1.54, 1.807) is 17.0 Å². The van der Waals surface area contributed by atoms with Gasteiger partial charge in [-0.15, -0.1) is 0 Å². The molecule has 102 valence electrons. The molecule has 1 N–H and O–H groups in total. The zero-order valence-electron chi connectivity index (χ0n) is 10.7. The van der Waals surface area contributed by atoms with Gasteiger partial charge in [-0.2, -0.15) is 0 Å². The number of aliphatic hydroxyl groups is 1. The summed E-state index contributed by atoms with van der Waals surface area (Å²) in [6.45, 7) is 1.30. The number of hydrogen-bond donors (Lipinski definition) is 1. The quantitative estimate of drug-likeness (QED) is 0.897. The van der Waals surface area contributed by atoms with Gasteiger partial charge < -0.3 is 19.5 Å². The second-order valence-electron chi connectivity index (χ2n) is 4.93. The van der Waals surface area contributed by atoms with E-state index in [0.717, 1.165) is 24.9 Å². The van der Waals surface area contributed by atoms with Crippen LogP contribution in [0.15, 0.2) is 18.2 Å². The summed E-state index contributed by atoms with van der Waals surface area (Å²) in [7, 11) is 0. The Kier molecular flexibility index (Phi) is 3.29. The van der Waals surface area contributed by atoms with Gasteiger partial charge in [0, 0.05) is 13.0 Å². The summed E-state index contributed by atoms with van der Waals surface area (Å²) in [5.41, 5.74) is 0.752. The Morgan fingerprint density at radius 2 is 2.11 bits per heavy atom. The van der Waals surface area contributed by atoms with Gasteiger partial charge in [0.1, 0.15) is 0 Å². The number of piperidine rings is 1. The van der Waals surface area contributed by atoms with E-state index in [9.17, 15) is 9.90 Å². The van der Waals surface area contributed by atoms with E-state index in [4.69, 9.17) is 9.47 Å². The lowest BCUT2D eigenvalue weighted by Gasteiger charge is -2.28. The van der Waals surface area contributed by atoms with E-state index in [1.165, 1.54) is 0 Å². The molecule has 0 aliphatic carbocycles. The van der Waals surface area contributed by atoms with Crippen LogP contribution in [-0.2, 0) is 4.79 Å². The fraction of sp³-hybridized carbons (Fsp3) is 0.500. The van der Waals surface area contributed by atoms with E-state index in [2.05, 4.69) is 0 Å². The van der Waals surface area contributed by atoms with Gasteiger partial charge in [-0.25, -0.2) is 0 Å². The van der Waals surface area contributed by atoms with Crippen LogP contribution >= 0.6 is 0 Å². The van der Waals surface area contributed by atoms with E-state index in [1.807, 2.05) is 6.07 Å². The second kappa shape index (κ2) is 5.09. The number of carbonyl (C=O) groups excluding carboxylic acids is 1. The molecule has 0 bridgehead atoms. The van der Waals surface area contributed by atoms with Gasteiger partial charge >= 0.3 is 0 Å². The topological polar surface area (TPSA) is 59.0 Å². The minimum absolute atomic E-state index is 0.131. The van der Waals surface area contributed by atoms with Crippen molar-refractivity contribution in [1.29, 1.82) is 0 Å². The van der Waals surface area contributed by atoms with Crippen molar-refractivity contribution in [2.75, 3.05) is 19.9 Å². The van der Waals surface area contributed by atoms with Gasteiger partial charge in [0.15, 0.2) is 11.5 Å². The van der Waals surface area contributed by atoms with Crippen LogP contribution in [0.2, 0.25) is 0 Å². The van der Waals surface area contributed by atoms with E-state index in [0.29, 0.717) is 24.5 Å². The number of benzene rings is 1. The summed E-state index contributed by atoms with van der Waals surface area (Å²) in [5.74, 6) is 1.48. The van der Waals surface area contributed by atoms with Crippen molar-refractivity contribution >= 4 is 5.91 Å². The minimum Gasteiger partial charge on any atom is -0.454 e. The predicted octanol–water partition coefficient (Wildman–Crippen LogP) is 1.46. The molecule has 3 rings (SSSR count).